The van der Waals surface area contributed by atoms with Crippen molar-refractivity contribution in [3.63, 3.8) is 0 Å². The standard InChI is InChI=1S/C25H37N5O2S/c1-18-17-33-25(26-18)28-24(32)27-23-13-12-22(30(4)19(2)31)15-21(23)16-29(3)14-8-11-20-9-6-5-7-10-20/h5-7,9-10,17,21-23H,8,11-16H2,1-4H3,(H2,26,27,28,32)/t21-,22+,23+/m0/s1. The van der Waals surface area contributed by atoms with Crippen LogP contribution in [0.3, 0.4) is 0 Å². The minimum Gasteiger partial charge on any atom is -0.343 e. The van der Waals surface area contributed by atoms with Gasteiger partial charge in [-0.25, -0.2) is 9.78 Å². The SMILES string of the molecule is CC(=O)N(C)[C@@H]1CC[C@@H](NC(=O)Nc2nc(C)cs2)[C@H](CN(C)CCCc2ccccc2)C1. The van der Waals surface area contributed by atoms with E-state index in [0.29, 0.717) is 5.13 Å². The Kier molecular flexibility index (Phi) is 9.26. The van der Waals surface area contributed by atoms with E-state index in [0.717, 1.165) is 50.9 Å². The smallest absolute Gasteiger partial charge is 0.321 e. The monoisotopic (exact) mass is 471 g/mol. The number of anilines is 1. The summed E-state index contributed by atoms with van der Waals surface area (Å²) in [5.41, 5.74) is 2.26. The lowest BCUT2D eigenvalue weighted by molar-refractivity contribution is -0.130. The van der Waals surface area contributed by atoms with Gasteiger partial charge < -0.3 is 15.1 Å². The number of nitrogens with one attached hydrogen (secondary N) is 2. The van der Waals surface area contributed by atoms with Crippen molar-refractivity contribution in [3.05, 3.63) is 47.0 Å². The summed E-state index contributed by atoms with van der Waals surface area (Å²) < 4.78 is 0. The van der Waals surface area contributed by atoms with Crippen molar-refractivity contribution in [3.8, 4) is 0 Å². The van der Waals surface area contributed by atoms with Crippen LogP contribution in [0.1, 0.15) is 43.9 Å². The highest BCUT2D eigenvalue weighted by molar-refractivity contribution is 7.13. The molecule has 0 aliphatic heterocycles. The quantitative estimate of drug-likeness (QED) is 0.576. The third-order valence-corrected chi connectivity index (χ3v) is 7.43. The highest BCUT2D eigenvalue weighted by Crippen LogP contribution is 2.29. The zero-order valence-electron chi connectivity index (χ0n) is 20.2. The first kappa shape index (κ1) is 25.2. The van der Waals surface area contributed by atoms with E-state index in [2.05, 4.69) is 51.8 Å². The van der Waals surface area contributed by atoms with E-state index >= 15 is 0 Å². The first-order valence-corrected chi connectivity index (χ1v) is 12.6. The fourth-order valence-corrected chi connectivity index (χ4v) is 5.33. The number of hydrogen-bond acceptors (Lipinski definition) is 5. The molecule has 1 heterocycles. The molecule has 1 aromatic heterocycles. The van der Waals surface area contributed by atoms with Crippen molar-refractivity contribution in [1.82, 2.24) is 20.1 Å². The molecule has 8 heteroatoms. The summed E-state index contributed by atoms with van der Waals surface area (Å²) in [6, 6.07) is 10.6. The number of nitrogens with zero attached hydrogens (tertiary/aromatic N) is 3. The maximum Gasteiger partial charge on any atom is 0.321 e. The first-order chi connectivity index (χ1) is 15.8. The van der Waals surface area contributed by atoms with Crippen LogP contribution >= 0.6 is 11.3 Å². The molecule has 0 radical (unpaired) electrons. The molecule has 1 aliphatic carbocycles. The molecular formula is C25H37N5O2S. The Morgan fingerprint density at radius 3 is 2.61 bits per heavy atom. The Morgan fingerprint density at radius 1 is 1.18 bits per heavy atom. The summed E-state index contributed by atoms with van der Waals surface area (Å²) in [7, 11) is 4.04. The van der Waals surface area contributed by atoms with Crippen LogP contribution < -0.4 is 10.6 Å². The number of thiazole rings is 1. The lowest BCUT2D eigenvalue weighted by Crippen LogP contribution is -2.52. The summed E-state index contributed by atoms with van der Waals surface area (Å²) in [6.45, 7) is 5.42. The van der Waals surface area contributed by atoms with E-state index in [-0.39, 0.29) is 29.9 Å². The van der Waals surface area contributed by atoms with E-state index in [1.165, 1.54) is 16.9 Å². The number of carbonyl (C=O) groups excluding carboxylic acids is 2. The van der Waals surface area contributed by atoms with Crippen molar-refractivity contribution in [2.24, 2.45) is 5.92 Å². The molecule has 33 heavy (non-hydrogen) atoms. The summed E-state index contributed by atoms with van der Waals surface area (Å²) in [5, 5.41) is 8.59. The molecule has 2 aromatic rings. The Hall–Kier alpha value is -2.45. The summed E-state index contributed by atoms with van der Waals surface area (Å²) in [6.07, 6.45) is 4.79. The van der Waals surface area contributed by atoms with Gasteiger partial charge in [-0.3, -0.25) is 10.1 Å². The van der Waals surface area contributed by atoms with Crippen LogP contribution in [0.15, 0.2) is 35.7 Å². The van der Waals surface area contributed by atoms with Crippen LogP contribution in [-0.4, -0.2) is 66.0 Å². The zero-order chi connectivity index (χ0) is 23.8. The van der Waals surface area contributed by atoms with Gasteiger partial charge in [0, 0.05) is 38.0 Å². The van der Waals surface area contributed by atoms with Crippen LogP contribution in [-0.2, 0) is 11.2 Å². The number of carbonyl (C=O) groups is 2. The van der Waals surface area contributed by atoms with Gasteiger partial charge in [0.1, 0.15) is 0 Å². The number of aryl methyl sites for hydroxylation is 2. The van der Waals surface area contributed by atoms with Crippen LogP contribution in [0.2, 0.25) is 0 Å². The maximum atomic E-state index is 12.6. The predicted octanol–water partition coefficient (Wildman–Crippen LogP) is 4.15. The lowest BCUT2D eigenvalue weighted by Gasteiger charge is -2.41. The highest BCUT2D eigenvalue weighted by Gasteiger charge is 2.34. The number of hydrogen-bond donors (Lipinski definition) is 2. The minimum atomic E-state index is -0.204. The summed E-state index contributed by atoms with van der Waals surface area (Å²) in [5.74, 6) is 0.370. The van der Waals surface area contributed by atoms with Crippen LogP contribution in [0.4, 0.5) is 9.93 Å². The number of benzene rings is 1. The molecule has 180 valence electrons. The maximum absolute atomic E-state index is 12.6. The van der Waals surface area contributed by atoms with Crippen molar-refractivity contribution >= 4 is 28.4 Å². The molecule has 1 fully saturated rings. The number of amides is 3. The first-order valence-electron chi connectivity index (χ1n) is 11.8. The van der Waals surface area contributed by atoms with E-state index in [1.54, 1.807) is 6.92 Å². The summed E-state index contributed by atoms with van der Waals surface area (Å²) >= 11 is 1.43. The van der Waals surface area contributed by atoms with Crippen LogP contribution in [0.5, 0.6) is 0 Å². The van der Waals surface area contributed by atoms with Gasteiger partial charge in [0.15, 0.2) is 5.13 Å². The molecule has 1 saturated carbocycles. The van der Waals surface area contributed by atoms with Crippen LogP contribution in [0.25, 0.3) is 0 Å². The molecule has 0 saturated heterocycles. The normalized spacial score (nSPS) is 20.5. The van der Waals surface area contributed by atoms with Gasteiger partial charge >= 0.3 is 6.03 Å². The van der Waals surface area contributed by atoms with Crippen molar-refractivity contribution in [2.75, 3.05) is 32.5 Å². The van der Waals surface area contributed by atoms with Gasteiger partial charge in [-0.05, 0) is 64.1 Å². The predicted molar refractivity (Wildman–Crippen MR) is 135 cm³/mol. The van der Waals surface area contributed by atoms with Gasteiger partial charge in [-0.15, -0.1) is 11.3 Å². The summed E-state index contributed by atoms with van der Waals surface area (Å²) in [4.78, 5) is 33.1. The molecule has 1 aromatic carbocycles. The minimum absolute atomic E-state index is 0.0687. The number of urea groups is 1. The second-order valence-corrected chi connectivity index (χ2v) is 10.1. The molecular weight excluding hydrogens is 434 g/mol. The lowest BCUT2D eigenvalue weighted by atomic mass is 9.80. The zero-order valence-corrected chi connectivity index (χ0v) is 21.0. The van der Waals surface area contributed by atoms with Gasteiger partial charge in [0.2, 0.25) is 5.91 Å². The number of aromatic nitrogens is 1. The van der Waals surface area contributed by atoms with Crippen molar-refractivity contribution < 1.29 is 9.59 Å². The molecule has 3 amide bonds. The van der Waals surface area contributed by atoms with Crippen molar-refractivity contribution in [1.29, 1.82) is 0 Å². The second kappa shape index (κ2) is 12.1. The fraction of sp³-hybridized carbons (Fsp3) is 0.560. The van der Waals surface area contributed by atoms with Crippen LogP contribution in [0, 0.1) is 12.8 Å². The topological polar surface area (TPSA) is 77.6 Å². The number of rotatable bonds is 9. The highest BCUT2D eigenvalue weighted by atomic mass is 32.1. The Bertz CT molecular complexity index is 903. The Labute approximate surface area is 201 Å². The van der Waals surface area contributed by atoms with E-state index in [9.17, 15) is 9.59 Å². The molecule has 0 unspecified atom stereocenters. The van der Waals surface area contributed by atoms with E-state index < -0.39 is 0 Å². The molecule has 0 spiro atoms. The van der Waals surface area contributed by atoms with E-state index in [1.807, 2.05) is 30.3 Å². The molecule has 3 rings (SSSR count). The average molecular weight is 472 g/mol. The Balaban J connectivity index is 1.57. The second-order valence-electron chi connectivity index (χ2n) is 9.21. The third-order valence-electron chi connectivity index (χ3n) is 6.55. The molecule has 7 nitrogen and oxygen atoms in total. The molecule has 1 aliphatic rings. The largest absolute Gasteiger partial charge is 0.343 e. The van der Waals surface area contributed by atoms with Gasteiger partial charge in [-0.2, -0.15) is 0 Å². The Morgan fingerprint density at radius 2 is 1.94 bits per heavy atom. The fourth-order valence-electron chi connectivity index (χ4n) is 4.64. The average Bonchev–Trinajstić information content (AvgIpc) is 3.19. The van der Waals surface area contributed by atoms with Gasteiger partial charge in [0.05, 0.1) is 5.69 Å². The van der Waals surface area contributed by atoms with E-state index in [4.69, 9.17) is 0 Å². The molecule has 3 atom stereocenters. The molecule has 0 bridgehead atoms. The third kappa shape index (κ3) is 7.82. The molecule has 2 N–H and O–H groups in total. The van der Waals surface area contributed by atoms with Gasteiger partial charge in [-0.1, -0.05) is 30.3 Å². The van der Waals surface area contributed by atoms with Gasteiger partial charge in [0.25, 0.3) is 0 Å². The van der Waals surface area contributed by atoms with Crippen molar-refractivity contribution in [2.45, 2.75) is 58.0 Å².